The molecular weight excluding hydrogens is 589 g/mol. The Labute approximate surface area is 247 Å². The molecule has 2 amide bonds. The van der Waals surface area contributed by atoms with Gasteiger partial charge in [-0.15, -0.1) is 0 Å². The molecule has 5 rings (SSSR count). The summed E-state index contributed by atoms with van der Waals surface area (Å²) >= 11 is 0. The van der Waals surface area contributed by atoms with E-state index in [-0.39, 0.29) is 17.5 Å². The maximum atomic E-state index is 13.6. The van der Waals surface area contributed by atoms with Crippen LogP contribution in [0.1, 0.15) is 29.1 Å². The third-order valence-corrected chi connectivity index (χ3v) is 9.40. The molecule has 3 heterocycles. The highest BCUT2D eigenvalue weighted by molar-refractivity contribution is 7.86. The highest BCUT2D eigenvalue weighted by Crippen LogP contribution is 2.35. The molecule has 0 saturated carbocycles. The highest BCUT2D eigenvalue weighted by atomic mass is 32.2. The summed E-state index contributed by atoms with van der Waals surface area (Å²) in [5.74, 6) is -3.06. The van der Waals surface area contributed by atoms with E-state index in [9.17, 15) is 31.2 Å². The van der Waals surface area contributed by atoms with E-state index in [1.165, 1.54) is 30.5 Å². The monoisotopic (exact) mass is 620 g/mol. The van der Waals surface area contributed by atoms with Crippen LogP contribution < -0.4 is 10.2 Å². The van der Waals surface area contributed by atoms with E-state index in [1.54, 1.807) is 47.4 Å². The molecule has 230 valence electrons. The Morgan fingerprint density at radius 3 is 2.23 bits per heavy atom. The molecule has 3 aromatic rings. The minimum atomic E-state index is -4.92. The SMILES string of the molecule is CN(C)S(=O)(=O)N1CCC[C@H]1C(=O)N1CCN(c2ccc(NC(=O)c3nc(-c4ccccc4)oc3C(F)(F)F)cc2)CC1. The lowest BCUT2D eigenvalue weighted by Gasteiger charge is -2.38. The van der Waals surface area contributed by atoms with E-state index < -0.39 is 39.8 Å². The van der Waals surface area contributed by atoms with E-state index in [2.05, 4.69) is 10.3 Å². The zero-order valence-electron chi connectivity index (χ0n) is 23.5. The first-order chi connectivity index (χ1) is 20.4. The first-order valence-electron chi connectivity index (χ1n) is 13.6. The number of alkyl halides is 3. The summed E-state index contributed by atoms with van der Waals surface area (Å²) in [6.07, 6.45) is -3.82. The number of carbonyl (C=O) groups is 2. The molecule has 15 heteroatoms. The fourth-order valence-corrected chi connectivity index (χ4v) is 6.48. The van der Waals surface area contributed by atoms with Crippen molar-refractivity contribution in [2.75, 3.05) is 57.0 Å². The number of carbonyl (C=O) groups excluding carboxylic acids is 2. The summed E-state index contributed by atoms with van der Waals surface area (Å²) in [5.41, 5.74) is 0.503. The number of halogens is 3. The van der Waals surface area contributed by atoms with Crippen LogP contribution in [0.15, 0.2) is 59.0 Å². The lowest BCUT2D eigenvalue weighted by atomic mass is 10.1. The molecule has 2 aliphatic rings. The summed E-state index contributed by atoms with van der Waals surface area (Å²) in [7, 11) is -0.811. The number of nitrogens with one attached hydrogen (secondary N) is 1. The van der Waals surface area contributed by atoms with Gasteiger partial charge in [0.25, 0.3) is 16.1 Å². The van der Waals surface area contributed by atoms with Crippen LogP contribution in [0.5, 0.6) is 0 Å². The molecule has 0 aliphatic carbocycles. The number of rotatable bonds is 7. The van der Waals surface area contributed by atoms with E-state index in [0.29, 0.717) is 51.1 Å². The van der Waals surface area contributed by atoms with Crippen molar-refractivity contribution in [3.63, 3.8) is 0 Å². The Morgan fingerprint density at radius 2 is 1.63 bits per heavy atom. The molecule has 2 aliphatic heterocycles. The van der Waals surface area contributed by atoms with Gasteiger partial charge >= 0.3 is 6.18 Å². The molecule has 43 heavy (non-hydrogen) atoms. The fraction of sp³-hybridized carbons (Fsp3) is 0.393. The van der Waals surface area contributed by atoms with Crippen molar-refractivity contribution in [3.05, 3.63) is 66.1 Å². The van der Waals surface area contributed by atoms with Crippen LogP contribution in [0.2, 0.25) is 0 Å². The van der Waals surface area contributed by atoms with Crippen molar-refractivity contribution >= 4 is 33.4 Å². The lowest BCUT2D eigenvalue weighted by molar-refractivity contribution is -0.153. The number of piperazine rings is 1. The Balaban J connectivity index is 1.21. The second-order valence-corrected chi connectivity index (χ2v) is 12.5. The summed E-state index contributed by atoms with van der Waals surface area (Å²) < 4.78 is 73.5. The molecule has 2 saturated heterocycles. The molecule has 0 unspecified atom stereocenters. The number of nitrogens with zero attached hydrogens (tertiary/aromatic N) is 5. The van der Waals surface area contributed by atoms with E-state index in [1.807, 2.05) is 4.90 Å². The number of oxazole rings is 1. The first kappa shape index (κ1) is 30.5. The molecular formula is C28H31F3N6O5S. The second kappa shape index (κ2) is 12.0. The topological polar surface area (TPSA) is 119 Å². The van der Waals surface area contributed by atoms with Crippen LogP contribution in [0.4, 0.5) is 24.5 Å². The van der Waals surface area contributed by atoms with Gasteiger partial charge in [0.05, 0.1) is 0 Å². The first-order valence-corrected chi connectivity index (χ1v) is 15.0. The Hall–Kier alpha value is -3.95. The van der Waals surface area contributed by atoms with Gasteiger partial charge in [-0.25, -0.2) is 4.98 Å². The molecule has 1 N–H and O–H groups in total. The summed E-state index contributed by atoms with van der Waals surface area (Å²) in [4.78, 5) is 33.6. The smallest absolute Gasteiger partial charge is 0.431 e. The minimum Gasteiger partial charge on any atom is -0.431 e. The van der Waals surface area contributed by atoms with Gasteiger partial charge in [0.15, 0.2) is 5.69 Å². The molecule has 0 radical (unpaired) electrons. The number of hydrogen-bond acceptors (Lipinski definition) is 7. The van der Waals surface area contributed by atoms with Crippen LogP contribution >= 0.6 is 0 Å². The highest BCUT2D eigenvalue weighted by Gasteiger charge is 2.43. The number of amides is 2. The minimum absolute atomic E-state index is 0.206. The summed E-state index contributed by atoms with van der Waals surface area (Å²) in [5, 5.41) is 2.45. The number of aromatic nitrogens is 1. The van der Waals surface area contributed by atoms with Crippen molar-refractivity contribution in [3.8, 4) is 11.5 Å². The zero-order valence-corrected chi connectivity index (χ0v) is 24.4. The normalized spacial score (nSPS) is 18.3. The van der Waals surface area contributed by atoms with Crippen LogP contribution in [-0.2, 0) is 21.2 Å². The summed E-state index contributed by atoms with van der Waals surface area (Å²) in [6, 6.07) is 13.9. The van der Waals surface area contributed by atoms with Crippen molar-refractivity contribution in [1.82, 2.24) is 18.5 Å². The van der Waals surface area contributed by atoms with Crippen molar-refractivity contribution < 1.29 is 35.6 Å². The predicted molar refractivity (Wildman–Crippen MR) is 152 cm³/mol. The third-order valence-electron chi connectivity index (χ3n) is 7.45. The van der Waals surface area contributed by atoms with E-state index in [4.69, 9.17) is 4.42 Å². The fourth-order valence-electron chi connectivity index (χ4n) is 5.18. The van der Waals surface area contributed by atoms with Gasteiger partial charge in [-0.2, -0.15) is 30.2 Å². The van der Waals surface area contributed by atoms with Crippen LogP contribution in [-0.4, -0.2) is 91.6 Å². The summed E-state index contributed by atoms with van der Waals surface area (Å²) in [6.45, 7) is 2.11. The number of benzene rings is 2. The standard InChI is InChI=1S/C28H31F3N6O5S/c1-34(2)43(40,41)37-14-6-9-22(37)27(39)36-17-15-35(16-18-36)21-12-10-20(11-13-21)32-25(38)23-24(28(29,30)31)42-26(33-23)19-7-4-3-5-8-19/h3-5,7-8,10-13,22H,6,9,14-18H2,1-2H3,(H,32,38)/t22-/m0/s1. The Morgan fingerprint density at radius 1 is 0.977 bits per heavy atom. The average molecular weight is 621 g/mol. The van der Waals surface area contributed by atoms with Crippen molar-refractivity contribution in [2.45, 2.75) is 25.1 Å². The van der Waals surface area contributed by atoms with Gasteiger partial charge in [0, 0.05) is 63.8 Å². The molecule has 1 atom stereocenters. The van der Waals surface area contributed by atoms with Crippen LogP contribution in [0.3, 0.4) is 0 Å². The second-order valence-electron chi connectivity index (χ2n) is 10.4. The Bertz CT molecular complexity index is 1570. The number of hydrogen-bond donors (Lipinski definition) is 1. The predicted octanol–water partition coefficient (Wildman–Crippen LogP) is 3.53. The van der Waals surface area contributed by atoms with Gasteiger partial charge in [-0.05, 0) is 49.2 Å². The van der Waals surface area contributed by atoms with Gasteiger partial charge in [0.1, 0.15) is 6.04 Å². The molecule has 2 aromatic carbocycles. The maximum Gasteiger partial charge on any atom is 0.452 e. The average Bonchev–Trinajstić information content (AvgIpc) is 3.67. The van der Waals surface area contributed by atoms with E-state index >= 15 is 0 Å². The zero-order chi connectivity index (χ0) is 30.9. The third kappa shape index (κ3) is 6.38. The molecule has 11 nitrogen and oxygen atoms in total. The van der Waals surface area contributed by atoms with Crippen molar-refractivity contribution in [2.24, 2.45) is 0 Å². The van der Waals surface area contributed by atoms with Gasteiger partial charge in [0.2, 0.25) is 17.6 Å². The molecule has 1 aromatic heterocycles. The molecule has 2 fully saturated rings. The van der Waals surface area contributed by atoms with Gasteiger partial charge in [-0.1, -0.05) is 18.2 Å². The maximum absolute atomic E-state index is 13.6. The Kier molecular flexibility index (Phi) is 8.49. The largest absolute Gasteiger partial charge is 0.452 e. The quantitative estimate of drug-likeness (QED) is 0.429. The number of anilines is 2. The van der Waals surface area contributed by atoms with Crippen molar-refractivity contribution in [1.29, 1.82) is 0 Å². The van der Waals surface area contributed by atoms with E-state index in [0.717, 1.165) is 9.99 Å². The molecule has 0 bridgehead atoms. The van der Waals surface area contributed by atoms with Crippen LogP contribution in [0, 0.1) is 0 Å². The lowest BCUT2D eigenvalue weighted by Crippen LogP contribution is -2.55. The van der Waals surface area contributed by atoms with Gasteiger partial charge < -0.3 is 19.5 Å². The van der Waals surface area contributed by atoms with Crippen LogP contribution in [0.25, 0.3) is 11.5 Å². The van der Waals surface area contributed by atoms with Gasteiger partial charge in [-0.3, -0.25) is 9.59 Å². The molecule has 0 spiro atoms.